The lowest BCUT2D eigenvalue weighted by molar-refractivity contribution is -0.198. The highest BCUT2D eigenvalue weighted by Gasteiger charge is 2.22. The first kappa shape index (κ1) is 9.59. The monoisotopic (exact) mass is 146 g/mol. The van der Waals surface area contributed by atoms with Crippen LogP contribution >= 0.6 is 0 Å². The molecule has 0 bridgehead atoms. The van der Waals surface area contributed by atoms with E-state index in [1.807, 2.05) is 6.92 Å². The van der Waals surface area contributed by atoms with Gasteiger partial charge in [-0.05, 0) is 13.3 Å². The largest absolute Gasteiger partial charge is 0.347 e. The van der Waals surface area contributed by atoms with Crippen molar-refractivity contribution in [1.82, 2.24) is 0 Å². The molecule has 0 radical (unpaired) electrons. The number of rotatable bonds is 5. The molecule has 0 aromatic rings. The normalized spacial score (nSPS) is 16.3. The van der Waals surface area contributed by atoms with Gasteiger partial charge in [-0.25, -0.2) is 0 Å². The second kappa shape index (κ2) is 4.41. The van der Waals surface area contributed by atoms with E-state index in [-0.39, 0.29) is 0 Å². The third-order valence-corrected chi connectivity index (χ3v) is 1.21. The molecule has 0 heterocycles. The zero-order valence-electron chi connectivity index (χ0n) is 6.72. The topological polar surface area (TPSA) is 35.5 Å². The molecule has 0 aromatic carbocycles. The van der Waals surface area contributed by atoms with Gasteiger partial charge >= 0.3 is 0 Å². The van der Waals surface area contributed by atoms with Crippen LogP contribution in [0.15, 0.2) is 0 Å². The lowest BCUT2D eigenvalue weighted by Crippen LogP contribution is -2.33. The van der Waals surface area contributed by atoms with Gasteiger partial charge in [0.15, 0.2) is 6.29 Å². The Bertz CT molecular complexity index is 103. The number of methoxy groups -OCH3 is 1. The van der Waals surface area contributed by atoms with Gasteiger partial charge < -0.3 is 9.47 Å². The molecular weight excluding hydrogens is 132 g/mol. The van der Waals surface area contributed by atoms with Crippen LogP contribution in [0.2, 0.25) is 0 Å². The average Bonchev–Trinajstić information content (AvgIpc) is 2.00. The molecule has 0 rings (SSSR count). The fourth-order valence-corrected chi connectivity index (χ4v) is 0.446. The summed E-state index contributed by atoms with van der Waals surface area (Å²) in [4.78, 5) is 10.3. The van der Waals surface area contributed by atoms with Crippen molar-refractivity contribution in [1.29, 1.82) is 0 Å². The van der Waals surface area contributed by atoms with Gasteiger partial charge in [0.05, 0.1) is 6.61 Å². The van der Waals surface area contributed by atoms with Crippen molar-refractivity contribution in [3.8, 4) is 0 Å². The number of hydrogen-bond acceptors (Lipinski definition) is 3. The summed E-state index contributed by atoms with van der Waals surface area (Å²) in [5.74, 6) is -1.05. The fraction of sp³-hybridized carbons (Fsp3) is 0.857. The molecule has 0 amide bonds. The third kappa shape index (κ3) is 2.94. The Hall–Kier alpha value is -0.410. The number of carbonyl (C=O) groups excluding carboxylic acids is 1. The zero-order chi connectivity index (χ0) is 8.04. The van der Waals surface area contributed by atoms with Crippen molar-refractivity contribution < 1.29 is 14.3 Å². The van der Waals surface area contributed by atoms with Crippen molar-refractivity contribution in [2.24, 2.45) is 0 Å². The highest BCUT2D eigenvalue weighted by molar-refractivity contribution is 5.59. The molecule has 0 aliphatic rings. The number of hydrogen-bond donors (Lipinski definition) is 0. The van der Waals surface area contributed by atoms with Gasteiger partial charge in [0.25, 0.3) is 0 Å². The third-order valence-electron chi connectivity index (χ3n) is 1.21. The number of aldehydes is 1. The van der Waals surface area contributed by atoms with Crippen molar-refractivity contribution >= 4 is 6.29 Å². The first-order valence-corrected chi connectivity index (χ1v) is 3.34. The van der Waals surface area contributed by atoms with E-state index in [1.165, 1.54) is 7.11 Å². The Balaban J connectivity index is 3.68. The zero-order valence-corrected chi connectivity index (χ0v) is 6.72. The molecule has 0 aliphatic carbocycles. The lowest BCUT2D eigenvalue weighted by Gasteiger charge is -2.20. The molecule has 0 aliphatic heterocycles. The Morgan fingerprint density at radius 3 is 2.50 bits per heavy atom. The summed E-state index contributed by atoms with van der Waals surface area (Å²) in [5, 5.41) is 0. The quantitative estimate of drug-likeness (QED) is 0.428. The Morgan fingerprint density at radius 2 is 2.20 bits per heavy atom. The predicted octanol–water partition coefficient (Wildman–Crippen LogP) is 0.975. The molecule has 0 saturated heterocycles. The van der Waals surface area contributed by atoms with Gasteiger partial charge in [0, 0.05) is 7.11 Å². The minimum absolute atomic E-state index is 0.545. The molecule has 60 valence electrons. The van der Waals surface area contributed by atoms with Gasteiger partial charge in [0.1, 0.15) is 0 Å². The summed E-state index contributed by atoms with van der Waals surface area (Å²) in [6, 6.07) is 0. The predicted molar refractivity (Wildman–Crippen MR) is 37.7 cm³/mol. The lowest BCUT2D eigenvalue weighted by atomic mass is 10.3. The second-order valence-electron chi connectivity index (χ2n) is 2.19. The summed E-state index contributed by atoms with van der Waals surface area (Å²) in [5.41, 5.74) is 0. The molecule has 0 saturated carbocycles. The first-order chi connectivity index (χ1) is 4.68. The van der Waals surface area contributed by atoms with E-state index in [4.69, 9.17) is 9.47 Å². The van der Waals surface area contributed by atoms with Gasteiger partial charge in [-0.1, -0.05) is 6.92 Å². The number of ether oxygens (including phenoxy) is 2. The smallest absolute Gasteiger partial charge is 0.222 e. The van der Waals surface area contributed by atoms with E-state index in [2.05, 4.69) is 0 Å². The van der Waals surface area contributed by atoms with Crippen LogP contribution in [0.5, 0.6) is 0 Å². The van der Waals surface area contributed by atoms with Crippen molar-refractivity contribution in [2.45, 2.75) is 26.1 Å². The van der Waals surface area contributed by atoms with Crippen molar-refractivity contribution in [3.63, 3.8) is 0 Å². The Kier molecular flexibility index (Phi) is 4.23. The molecule has 10 heavy (non-hydrogen) atoms. The minimum atomic E-state index is -1.05. The van der Waals surface area contributed by atoms with Gasteiger partial charge in [-0.3, -0.25) is 4.79 Å². The van der Waals surface area contributed by atoms with Crippen molar-refractivity contribution in [2.75, 3.05) is 13.7 Å². The molecule has 3 nitrogen and oxygen atoms in total. The average molecular weight is 146 g/mol. The van der Waals surface area contributed by atoms with E-state index in [1.54, 1.807) is 6.92 Å². The summed E-state index contributed by atoms with van der Waals surface area (Å²) in [6.45, 7) is 4.11. The summed E-state index contributed by atoms with van der Waals surface area (Å²) >= 11 is 0. The highest BCUT2D eigenvalue weighted by atomic mass is 16.7. The van der Waals surface area contributed by atoms with Crippen LogP contribution in [0.4, 0.5) is 0 Å². The van der Waals surface area contributed by atoms with Crippen LogP contribution in [-0.4, -0.2) is 25.8 Å². The summed E-state index contributed by atoms with van der Waals surface area (Å²) in [6.07, 6.45) is 1.54. The Labute approximate surface area is 61.3 Å². The van der Waals surface area contributed by atoms with Crippen LogP contribution in [0.3, 0.4) is 0 Å². The molecule has 1 unspecified atom stereocenters. The molecule has 0 spiro atoms. The van der Waals surface area contributed by atoms with Gasteiger partial charge in [0.2, 0.25) is 5.79 Å². The standard InChI is InChI=1S/C7H14O3/c1-4-5-10-7(2,6-8)9-3/h6H,4-5H2,1-3H3. The minimum Gasteiger partial charge on any atom is -0.347 e. The number of carbonyl (C=O) groups is 1. The maximum atomic E-state index is 10.3. The molecule has 0 aromatic heterocycles. The Morgan fingerprint density at radius 1 is 1.60 bits per heavy atom. The van der Waals surface area contributed by atoms with E-state index in [9.17, 15) is 4.79 Å². The van der Waals surface area contributed by atoms with Crippen LogP contribution in [0, 0.1) is 0 Å². The maximum Gasteiger partial charge on any atom is 0.222 e. The van der Waals surface area contributed by atoms with Crippen LogP contribution in [0.25, 0.3) is 0 Å². The highest BCUT2D eigenvalue weighted by Crippen LogP contribution is 2.06. The summed E-state index contributed by atoms with van der Waals surface area (Å²) in [7, 11) is 1.45. The molecule has 1 atom stereocenters. The molecule has 0 fully saturated rings. The first-order valence-electron chi connectivity index (χ1n) is 3.34. The van der Waals surface area contributed by atoms with Crippen LogP contribution in [0.1, 0.15) is 20.3 Å². The maximum absolute atomic E-state index is 10.3. The fourth-order valence-electron chi connectivity index (χ4n) is 0.446. The SMILES string of the molecule is CCCOC(C)(C=O)OC. The molecule has 3 heteroatoms. The molecular formula is C7H14O3. The van der Waals surface area contributed by atoms with Crippen LogP contribution in [-0.2, 0) is 14.3 Å². The van der Waals surface area contributed by atoms with Crippen molar-refractivity contribution in [3.05, 3.63) is 0 Å². The second-order valence-corrected chi connectivity index (χ2v) is 2.19. The van der Waals surface area contributed by atoms with E-state index in [0.29, 0.717) is 12.9 Å². The molecule has 0 N–H and O–H groups in total. The van der Waals surface area contributed by atoms with E-state index < -0.39 is 5.79 Å². The summed E-state index contributed by atoms with van der Waals surface area (Å²) < 4.78 is 9.89. The van der Waals surface area contributed by atoms with Gasteiger partial charge in [-0.15, -0.1) is 0 Å². The van der Waals surface area contributed by atoms with E-state index in [0.717, 1.165) is 6.42 Å². The van der Waals surface area contributed by atoms with Gasteiger partial charge in [-0.2, -0.15) is 0 Å². The van der Waals surface area contributed by atoms with Crippen LogP contribution < -0.4 is 0 Å². The van der Waals surface area contributed by atoms with E-state index >= 15 is 0 Å².